The average Bonchev–Trinajstić information content (AvgIpc) is 3.43. The van der Waals surface area contributed by atoms with Crippen LogP contribution in [0, 0.1) is 5.82 Å². The molecule has 1 aliphatic rings. The van der Waals surface area contributed by atoms with Crippen molar-refractivity contribution in [2.24, 2.45) is 0 Å². The monoisotopic (exact) mass is 448 g/mol. The number of aromatic nitrogens is 4. The van der Waals surface area contributed by atoms with Crippen LogP contribution in [-0.4, -0.2) is 62.8 Å². The minimum Gasteiger partial charge on any atom is -0.481 e. The Morgan fingerprint density at radius 1 is 1.48 bits per heavy atom. The number of amides is 1. The predicted molar refractivity (Wildman–Crippen MR) is 112 cm³/mol. The van der Waals surface area contributed by atoms with E-state index in [0.717, 1.165) is 19.0 Å². The van der Waals surface area contributed by atoms with Crippen molar-refractivity contribution in [3.05, 3.63) is 47.7 Å². The second-order valence-corrected chi connectivity index (χ2v) is 7.54. The summed E-state index contributed by atoms with van der Waals surface area (Å²) in [6, 6.07) is 3.08. The third-order valence-corrected chi connectivity index (χ3v) is 5.58. The zero-order valence-corrected chi connectivity index (χ0v) is 17.6. The van der Waals surface area contributed by atoms with Crippen molar-refractivity contribution in [1.29, 1.82) is 0 Å². The smallest absolute Gasteiger partial charge is 0.256 e. The van der Waals surface area contributed by atoms with Crippen molar-refractivity contribution < 1.29 is 19.0 Å². The van der Waals surface area contributed by atoms with Crippen molar-refractivity contribution in [2.75, 3.05) is 31.0 Å². The van der Waals surface area contributed by atoms with Gasteiger partial charge in [-0.1, -0.05) is 0 Å². The first-order valence-corrected chi connectivity index (χ1v) is 10.4. The second kappa shape index (κ2) is 9.03. The number of halogens is 2. The standard InChI is InChI=1S/C20H22ClFN6O3/c1-31-20-14(7-12(22)9-24-20)16-3-2-5-27(16)17-4-6-28-18(26-17)15(11-25-28)19(30)23-10-13(29)8-21/h4,6-7,9,11,13,16,29H,2-3,5,8,10H2,1H3,(H,23,30)/t13-,16+/m0/s1. The number of fused-ring (bicyclic) bond motifs is 1. The van der Waals surface area contributed by atoms with Crippen molar-refractivity contribution in [3.8, 4) is 5.88 Å². The number of hydrogen-bond acceptors (Lipinski definition) is 7. The molecule has 11 heteroatoms. The van der Waals surface area contributed by atoms with E-state index >= 15 is 0 Å². The number of carbonyl (C=O) groups excluding carboxylic acids is 1. The number of alkyl halides is 1. The first kappa shape index (κ1) is 21.3. The molecule has 0 spiro atoms. The van der Waals surface area contributed by atoms with Gasteiger partial charge in [-0.3, -0.25) is 4.79 Å². The van der Waals surface area contributed by atoms with Gasteiger partial charge >= 0.3 is 0 Å². The van der Waals surface area contributed by atoms with E-state index in [2.05, 4.69) is 20.4 Å². The molecule has 2 atom stereocenters. The van der Waals surface area contributed by atoms with Crippen LogP contribution in [0.4, 0.5) is 10.2 Å². The lowest BCUT2D eigenvalue weighted by Gasteiger charge is -2.26. The maximum absolute atomic E-state index is 13.9. The van der Waals surface area contributed by atoms with E-state index in [1.807, 2.05) is 4.90 Å². The van der Waals surface area contributed by atoms with Gasteiger partial charge in [0.2, 0.25) is 5.88 Å². The minimum absolute atomic E-state index is 0.0200. The van der Waals surface area contributed by atoms with E-state index in [4.69, 9.17) is 16.3 Å². The fraction of sp³-hybridized carbons (Fsp3) is 0.400. The van der Waals surface area contributed by atoms with Crippen LogP contribution < -0.4 is 15.0 Å². The van der Waals surface area contributed by atoms with Crippen LogP contribution in [0.25, 0.3) is 5.65 Å². The maximum Gasteiger partial charge on any atom is 0.256 e. The highest BCUT2D eigenvalue weighted by Gasteiger charge is 2.31. The number of ether oxygens (including phenoxy) is 1. The van der Waals surface area contributed by atoms with Gasteiger partial charge < -0.3 is 20.1 Å². The molecule has 0 aliphatic carbocycles. The number of nitrogens with one attached hydrogen (secondary N) is 1. The van der Waals surface area contributed by atoms with Gasteiger partial charge in [-0.15, -0.1) is 11.6 Å². The Kier molecular flexibility index (Phi) is 6.19. The maximum atomic E-state index is 13.9. The molecular formula is C20H22ClFN6O3. The molecule has 0 radical (unpaired) electrons. The van der Waals surface area contributed by atoms with E-state index in [1.165, 1.54) is 23.9 Å². The largest absolute Gasteiger partial charge is 0.481 e. The van der Waals surface area contributed by atoms with Crippen molar-refractivity contribution in [1.82, 2.24) is 24.9 Å². The third kappa shape index (κ3) is 4.26. The molecular weight excluding hydrogens is 427 g/mol. The average molecular weight is 449 g/mol. The molecule has 0 aromatic carbocycles. The lowest BCUT2D eigenvalue weighted by molar-refractivity contribution is 0.0927. The van der Waals surface area contributed by atoms with Gasteiger partial charge in [0.15, 0.2) is 5.65 Å². The highest BCUT2D eigenvalue weighted by Crippen LogP contribution is 2.38. The van der Waals surface area contributed by atoms with E-state index in [-0.39, 0.29) is 24.0 Å². The summed E-state index contributed by atoms with van der Waals surface area (Å²) in [7, 11) is 1.51. The van der Waals surface area contributed by atoms with Crippen LogP contribution in [0.2, 0.25) is 0 Å². The summed E-state index contributed by atoms with van der Waals surface area (Å²) in [5, 5.41) is 16.4. The molecule has 2 N–H and O–H groups in total. The summed E-state index contributed by atoms with van der Waals surface area (Å²) in [4.78, 5) is 23.3. The molecule has 0 bridgehead atoms. The minimum atomic E-state index is -0.837. The number of carbonyl (C=O) groups is 1. The van der Waals surface area contributed by atoms with Gasteiger partial charge in [-0.05, 0) is 25.0 Å². The zero-order valence-electron chi connectivity index (χ0n) is 16.8. The van der Waals surface area contributed by atoms with Gasteiger partial charge in [0.05, 0.1) is 37.5 Å². The van der Waals surface area contributed by atoms with Crippen LogP contribution in [0.1, 0.15) is 34.8 Å². The van der Waals surface area contributed by atoms with E-state index < -0.39 is 17.8 Å². The highest BCUT2D eigenvalue weighted by molar-refractivity contribution is 6.18. The number of aliphatic hydroxyl groups is 1. The molecule has 1 amide bonds. The van der Waals surface area contributed by atoms with Gasteiger partial charge in [0.1, 0.15) is 17.2 Å². The van der Waals surface area contributed by atoms with Crippen molar-refractivity contribution >= 4 is 29.0 Å². The number of pyridine rings is 1. The Hall–Kier alpha value is -2.98. The number of nitrogens with zero attached hydrogens (tertiary/aromatic N) is 5. The van der Waals surface area contributed by atoms with Crippen LogP contribution in [0.5, 0.6) is 5.88 Å². The van der Waals surface area contributed by atoms with Gasteiger partial charge in [-0.25, -0.2) is 18.9 Å². The predicted octanol–water partition coefficient (Wildman–Crippen LogP) is 1.94. The fourth-order valence-electron chi connectivity index (χ4n) is 3.76. The Morgan fingerprint density at radius 2 is 2.32 bits per heavy atom. The first-order chi connectivity index (χ1) is 15.0. The quantitative estimate of drug-likeness (QED) is 0.532. The molecule has 3 aromatic rings. The van der Waals surface area contributed by atoms with Crippen LogP contribution in [-0.2, 0) is 0 Å². The summed E-state index contributed by atoms with van der Waals surface area (Å²) in [5.74, 6) is 0.197. The number of anilines is 1. The number of hydrogen-bond donors (Lipinski definition) is 2. The second-order valence-electron chi connectivity index (χ2n) is 7.23. The lowest BCUT2D eigenvalue weighted by atomic mass is 10.1. The highest BCUT2D eigenvalue weighted by atomic mass is 35.5. The summed E-state index contributed by atoms with van der Waals surface area (Å²) in [5.41, 5.74) is 1.32. The Balaban J connectivity index is 1.65. The van der Waals surface area contributed by atoms with E-state index in [9.17, 15) is 14.3 Å². The van der Waals surface area contributed by atoms with Crippen molar-refractivity contribution in [2.45, 2.75) is 25.0 Å². The van der Waals surface area contributed by atoms with Crippen molar-refractivity contribution in [3.63, 3.8) is 0 Å². The zero-order chi connectivity index (χ0) is 22.0. The van der Waals surface area contributed by atoms with Crippen LogP contribution in [0.15, 0.2) is 30.7 Å². The van der Waals surface area contributed by atoms with Gasteiger partial charge in [0.25, 0.3) is 5.91 Å². The third-order valence-electron chi connectivity index (χ3n) is 5.22. The molecule has 3 aromatic heterocycles. The van der Waals surface area contributed by atoms with Crippen LogP contribution >= 0.6 is 11.6 Å². The Bertz CT molecular complexity index is 1090. The molecule has 1 aliphatic heterocycles. The first-order valence-electron chi connectivity index (χ1n) is 9.84. The van der Waals surface area contributed by atoms with Gasteiger partial charge in [0, 0.05) is 24.8 Å². The Labute approximate surface area is 182 Å². The molecule has 9 nitrogen and oxygen atoms in total. The normalized spacial score (nSPS) is 17.2. The molecule has 4 heterocycles. The molecule has 164 valence electrons. The summed E-state index contributed by atoms with van der Waals surface area (Å²) in [6.07, 6.45) is 5.12. The molecule has 0 unspecified atom stereocenters. The topological polar surface area (TPSA) is 105 Å². The van der Waals surface area contributed by atoms with Crippen LogP contribution in [0.3, 0.4) is 0 Å². The molecule has 31 heavy (non-hydrogen) atoms. The lowest BCUT2D eigenvalue weighted by Crippen LogP contribution is -2.33. The fourth-order valence-corrected chi connectivity index (χ4v) is 3.86. The summed E-state index contributed by atoms with van der Waals surface area (Å²) in [6.45, 7) is 0.741. The van der Waals surface area contributed by atoms with E-state index in [0.29, 0.717) is 29.5 Å². The molecule has 1 fully saturated rings. The SMILES string of the molecule is COc1ncc(F)cc1[C@H]1CCCN1c1ccn2ncc(C(=O)NC[C@@H](O)CCl)c2n1. The van der Waals surface area contributed by atoms with Gasteiger partial charge in [-0.2, -0.15) is 5.10 Å². The molecule has 1 saturated heterocycles. The summed E-state index contributed by atoms with van der Waals surface area (Å²) < 4.78 is 20.7. The van der Waals surface area contributed by atoms with E-state index in [1.54, 1.807) is 12.3 Å². The number of methoxy groups -OCH3 is 1. The summed E-state index contributed by atoms with van der Waals surface area (Å²) >= 11 is 5.57. The molecule has 0 saturated carbocycles. The number of rotatable bonds is 7. The molecule has 4 rings (SSSR count). The Morgan fingerprint density at radius 3 is 3.10 bits per heavy atom. The number of aliphatic hydroxyl groups excluding tert-OH is 1.